The van der Waals surface area contributed by atoms with Crippen molar-refractivity contribution < 1.29 is 9.53 Å². The van der Waals surface area contributed by atoms with Crippen molar-refractivity contribution in [1.29, 1.82) is 5.26 Å². The molecule has 0 N–H and O–H groups in total. The number of carbonyl (C=O) groups excluding carboxylic acids is 1. The number of aliphatic imine (C=N–C) groups is 1. The first kappa shape index (κ1) is 19.3. The maximum absolute atomic E-state index is 11.8. The smallest absolute Gasteiger partial charge is 0.348 e. The Bertz CT molecular complexity index is 1050. The summed E-state index contributed by atoms with van der Waals surface area (Å²) in [4.78, 5) is 18.8. The van der Waals surface area contributed by atoms with Gasteiger partial charge < -0.3 is 9.64 Å². The van der Waals surface area contributed by atoms with Gasteiger partial charge in [0, 0.05) is 24.6 Å². The summed E-state index contributed by atoms with van der Waals surface area (Å²) in [5.74, 6) is -0.450. The highest BCUT2D eigenvalue weighted by atomic mass is 32.1. The first-order valence-corrected chi connectivity index (χ1v) is 9.41. The number of methoxy groups -OCH3 is 1. The Kier molecular flexibility index (Phi) is 5.87. The highest BCUT2D eigenvalue weighted by Gasteiger charge is 2.20. The van der Waals surface area contributed by atoms with Crippen LogP contribution >= 0.6 is 11.3 Å². The maximum Gasteiger partial charge on any atom is 0.348 e. The summed E-state index contributed by atoms with van der Waals surface area (Å²) < 4.78 is 4.77. The largest absolute Gasteiger partial charge is 0.465 e. The van der Waals surface area contributed by atoms with Crippen molar-refractivity contribution in [2.24, 2.45) is 4.99 Å². The first-order chi connectivity index (χ1) is 13.5. The molecule has 0 aliphatic carbocycles. The summed E-state index contributed by atoms with van der Waals surface area (Å²) in [6.45, 7) is 1.73. The van der Waals surface area contributed by atoms with E-state index >= 15 is 0 Å². The lowest BCUT2D eigenvalue weighted by atomic mass is 10.1. The molecule has 0 saturated heterocycles. The third kappa shape index (κ3) is 3.95. The summed E-state index contributed by atoms with van der Waals surface area (Å²) in [5, 5.41) is 9.90. The summed E-state index contributed by atoms with van der Waals surface area (Å²) in [5.41, 5.74) is 4.07. The molecular weight excluding hydrogens is 370 g/mol. The molecule has 0 unspecified atom stereocenters. The third-order valence-corrected chi connectivity index (χ3v) is 5.55. The molecule has 0 spiro atoms. The molecule has 0 radical (unpaired) electrons. The van der Waals surface area contributed by atoms with Crippen molar-refractivity contribution >= 4 is 39.9 Å². The number of ether oxygens (including phenoxy) is 1. The standard InChI is InChI=1S/C22H19N3O2S/c1-15-19(13-23)21(28-20(15)22(26)27-3)24-14-16-9-11-18(12-10-16)25(2)17-7-5-4-6-8-17/h4-12,14H,1-3H3/b24-14+. The zero-order valence-electron chi connectivity index (χ0n) is 15.8. The second-order valence-corrected chi connectivity index (χ2v) is 7.08. The van der Waals surface area contributed by atoms with Crippen LogP contribution in [0.15, 0.2) is 59.6 Å². The molecule has 6 heteroatoms. The van der Waals surface area contributed by atoms with Crippen LogP contribution in [-0.4, -0.2) is 26.3 Å². The first-order valence-electron chi connectivity index (χ1n) is 8.60. The van der Waals surface area contributed by atoms with Gasteiger partial charge in [0.05, 0.1) is 12.7 Å². The quantitative estimate of drug-likeness (QED) is 0.442. The summed E-state index contributed by atoms with van der Waals surface area (Å²) in [6, 6.07) is 20.2. The molecule has 3 rings (SSSR count). The molecule has 3 aromatic rings. The van der Waals surface area contributed by atoms with E-state index in [9.17, 15) is 10.1 Å². The number of anilines is 2. The molecule has 28 heavy (non-hydrogen) atoms. The Labute approximate surface area is 168 Å². The second kappa shape index (κ2) is 8.51. The Morgan fingerprint density at radius 1 is 1.14 bits per heavy atom. The molecule has 0 saturated carbocycles. The minimum Gasteiger partial charge on any atom is -0.465 e. The lowest BCUT2D eigenvalue weighted by molar-refractivity contribution is 0.0605. The second-order valence-electron chi connectivity index (χ2n) is 6.08. The van der Waals surface area contributed by atoms with Crippen LogP contribution in [0.1, 0.15) is 26.4 Å². The van der Waals surface area contributed by atoms with Crippen molar-refractivity contribution in [3.63, 3.8) is 0 Å². The van der Waals surface area contributed by atoms with Gasteiger partial charge in [-0.2, -0.15) is 5.26 Å². The Balaban J connectivity index is 1.82. The van der Waals surface area contributed by atoms with Crippen LogP contribution < -0.4 is 4.90 Å². The minimum atomic E-state index is -0.450. The van der Waals surface area contributed by atoms with Gasteiger partial charge in [-0.1, -0.05) is 30.3 Å². The van der Waals surface area contributed by atoms with E-state index in [-0.39, 0.29) is 0 Å². The van der Waals surface area contributed by atoms with Gasteiger partial charge in [-0.3, -0.25) is 0 Å². The predicted molar refractivity (Wildman–Crippen MR) is 113 cm³/mol. The van der Waals surface area contributed by atoms with E-state index in [1.807, 2.05) is 49.5 Å². The average molecular weight is 389 g/mol. The summed E-state index contributed by atoms with van der Waals surface area (Å²) in [7, 11) is 3.34. The lowest BCUT2D eigenvalue weighted by Crippen LogP contribution is -2.08. The number of para-hydroxylation sites is 1. The number of rotatable bonds is 5. The number of carbonyl (C=O) groups is 1. The Morgan fingerprint density at radius 2 is 1.79 bits per heavy atom. The van der Waals surface area contributed by atoms with E-state index in [2.05, 4.69) is 28.1 Å². The molecule has 0 aliphatic rings. The van der Waals surface area contributed by atoms with Crippen LogP contribution in [-0.2, 0) is 4.74 Å². The van der Waals surface area contributed by atoms with Crippen LogP contribution in [0.4, 0.5) is 16.4 Å². The molecular formula is C22H19N3O2S. The predicted octanol–water partition coefficient (Wildman–Crippen LogP) is 5.23. The van der Waals surface area contributed by atoms with E-state index in [4.69, 9.17) is 4.74 Å². The third-order valence-electron chi connectivity index (χ3n) is 4.37. The number of esters is 1. The number of thiophene rings is 1. The van der Waals surface area contributed by atoms with Crippen molar-refractivity contribution in [3.8, 4) is 6.07 Å². The van der Waals surface area contributed by atoms with Crippen LogP contribution in [0, 0.1) is 18.3 Å². The summed E-state index contributed by atoms with van der Waals surface area (Å²) in [6.07, 6.45) is 1.69. The van der Waals surface area contributed by atoms with Crippen LogP contribution in [0.3, 0.4) is 0 Å². The van der Waals surface area contributed by atoms with E-state index in [1.54, 1.807) is 13.1 Å². The number of nitriles is 1. The van der Waals surface area contributed by atoms with Gasteiger partial charge in [-0.25, -0.2) is 9.79 Å². The molecule has 140 valence electrons. The fraction of sp³-hybridized carbons (Fsp3) is 0.136. The van der Waals surface area contributed by atoms with Gasteiger partial charge in [0.15, 0.2) is 0 Å². The van der Waals surface area contributed by atoms with Crippen molar-refractivity contribution in [1.82, 2.24) is 0 Å². The van der Waals surface area contributed by atoms with Gasteiger partial charge in [-0.05, 0) is 42.3 Å². The number of benzene rings is 2. The molecule has 0 aliphatic heterocycles. The number of nitrogens with zero attached hydrogens (tertiary/aromatic N) is 3. The molecule has 0 fully saturated rings. The monoisotopic (exact) mass is 389 g/mol. The van der Waals surface area contributed by atoms with Crippen molar-refractivity contribution in [2.45, 2.75) is 6.92 Å². The van der Waals surface area contributed by atoms with Crippen LogP contribution in [0.5, 0.6) is 0 Å². The summed E-state index contributed by atoms with van der Waals surface area (Å²) >= 11 is 1.16. The van der Waals surface area contributed by atoms with E-state index < -0.39 is 5.97 Å². The van der Waals surface area contributed by atoms with Crippen molar-refractivity contribution in [3.05, 3.63) is 76.2 Å². The van der Waals surface area contributed by atoms with E-state index in [0.29, 0.717) is 21.0 Å². The zero-order valence-corrected chi connectivity index (χ0v) is 16.7. The minimum absolute atomic E-state index is 0.405. The molecule has 2 aromatic carbocycles. The SMILES string of the molecule is COC(=O)c1sc(/N=C/c2ccc(N(C)c3ccccc3)cc2)c(C#N)c1C. The Hall–Kier alpha value is -3.43. The van der Waals surface area contributed by atoms with Gasteiger partial charge in [0.1, 0.15) is 15.9 Å². The van der Waals surface area contributed by atoms with Gasteiger partial charge >= 0.3 is 5.97 Å². The van der Waals surface area contributed by atoms with Gasteiger partial charge in [-0.15, -0.1) is 11.3 Å². The molecule has 0 amide bonds. The van der Waals surface area contributed by atoms with Crippen LogP contribution in [0.25, 0.3) is 0 Å². The molecule has 5 nitrogen and oxygen atoms in total. The van der Waals surface area contributed by atoms with Gasteiger partial charge in [0.25, 0.3) is 0 Å². The number of hydrogen-bond acceptors (Lipinski definition) is 6. The van der Waals surface area contributed by atoms with Crippen molar-refractivity contribution in [2.75, 3.05) is 19.1 Å². The average Bonchev–Trinajstić information content (AvgIpc) is 3.07. The molecule has 1 aromatic heterocycles. The molecule has 1 heterocycles. The lowest BCUT2D eigenvalue weighted by Gasteiger charge is -2.19. The van der Waals surface area contributed by atoms with E-state index in [1.165, 1.54) is 7.11 Å². The van der Waals surface area contributed by atoms with Gasteiger partial charge in [0.2, 0.25) is 0 Å². The van der Waals surface area contributed by atoms with Crippen LogP contribution in [0.2, 0.25) is 0 Å². The molecule has 0 atom stereocenters. The fourth-order valence-corrected chi connectivity index (χ4v) is 3.75. The topological polar surface area (TPSA) is 65.7 Å². The Morgan fingerprint density at radius 3 is 2.39 bits per heavy atom. The normalized spacial score (nSPS) is 10.6. The zero-order chi connectivity index (χ0) is 20.1. The van der Waals surface area contributed by atoms with E-state index in [0.717, 1.165) is 28.3 Å². The maximum atomic E-state index is 11.8. The number of hydrogen-bond donors (Lipinski definition) is 0. The fourth-order valence-electron chi connectivity index (χ4n) is 2.73. The highest BCUT2D eigenvalue weighted by molar-refractivity contribution is 7.18. The molecule has 0 bridgehead atoms. The highest BCUT2D eigenvalue weighted by Crippen LogP contribution is 2.35.